The predicted molar refractivity (Wildman–Crippen MR) is 133 cm³/mol. The van der Waals surface area contributed by atoms with Gasteiger partial charge in [-0.25, -0.2) is 9.97 Å². The maximum absolute atomic E-state index is 12.9. The molecule has 1 unspecified atom stereocenters. The van der Waals surface area contributed by atoms with Crippen LogP contribution in [0, 0.1) is 0 Å². The standard InChI is InChI=1S/C27H33N5O/c1-3-20(4-2)31-15-17-32(18-16-31)26-14-13-23-24(29-26)11-12-25(28-23)27(33)30-22-10-9-19-7-5-6-8-21(19)22/h5-8,11-14,20,22H,3-4,9-10,15-18H2,1-2H3,(H,30,33). The second-order valence-electron chi connectivity index (χ2n) is 9.16. The molecular formula is C27H33N5O. The molecule has 1 N–H and O–H groups in total. The average molecular weight is 444 g/mol. The van der Waals surface area contributed by atoms with E-state index >= 15 is 0 Å². The van der Waals surface area contributed by atoms with Crippen LogP contribution in [0.4, 0.5) is 5.82 Å². The van der Waals surface area contributed by atoms with Gasteiger partial charge >= 0.3 is 0 Å². The topological polar surface area (TPSA) is 61.4 Å². The molecule has 6 nitrogen and oxygen atoms in total. The van der Waals surface area contributed by atoms with Gasteiger partial charge in [0.2, 0.25) is 0 Å². The van der Waals surface area contributed by atoms with E-state index in [1.807, 2.05) is 24.3 Å². The van der Waals surface area contributed by atoms with Gasteiger partial charge in [0.15, 0.2) is 0 Å². The molecule has 1 atom stereocenters. The highest BCUT2D eigenvalue weighted by Crippen LogP contribution is 2.31. The van der Waals surface area contributed by atoms with Gasteiger partial charge in [-0.15, -0.1) is 0 Å². The van der Waals surface area contributed by atoms with E-state index in [1.165, 1.54) is 24.0 Å². The molecular weight excluding hydrogens is 410 g/mol. The molecule has 172 valence electrons. The molecule has 2 aromatic heterocycles. The molecule has 33 heavy (non-hydrogen) atoms. The van der Waals surface area contributed by atoms with Crippen molar-refractivity contribution in [2.24, 2.45) is 0 Å². The molecule has 0 spiro atoms. The highest BCUT2D eigenvalue weighted by Gasteiger charge is 2.25. The summed E-state index contributed by atoms with van der Waals surface area (Å²) < 4.78 is 0. The Balaban J connectivity index is 1.26. The average Bonchev–Trinajstić information content (AvgIpc) is 3.27. The molecule has 1 fully saturated rings. The first kappa shape index (κ1) is 21.8. The number of carbonyl (C=O) groups is 1. The molecule has 1 aliphatic heterocycles. The zero-order chi connectivity index (χ0) is 22.8. The van der Waals surface area contributed by atoms with E-state index in [9.17, 15) is 4.79 Å². The second-order valence-corrected chi connectivity index (χ2v) is 9.16. The van der Waals surface area contributed by atoms with Crippen LogP contribution in [-0.2, 0) is 6.42 Å². The Kier molecular flexibility index (Phi) is 6.27. The third kappa shape index (κ3) is 4.44. The van der Waals surface area contributed by atoms with Gasteiger partial charge in [0, 0.05) is 32.2 Å². The molecule has 3 heterocycles. The number of nitrogens with zero attached hydrogens (tertiary/aromatic N) is 4. The Labute approximate surface area is 196 Å². The number of rotatable bonds is 6. The van der Waals surface area contributed by atoms with Gasteiger partial charge in [0.05, 0.1) is 17.1 Å². The maximum Gasteiger partial charge on any atom is 0.270 e. The molecule has 1 aromatic carbocycles. The van der Waals surface area contributed by atoms with Gasteiger partial charge in [-0.3, -0.25) is 9.69 Å². The molecule has 2 aliphatic rings. The largest absolute Gasteiger partial charge is 0.354 e. The van der Waals surface area contributed by atoms with Crippen molar-refractivity contribution in [1.82, 2.24) is 20.2 Å². The first-order valence-corrected chi connectivity index (χ1v) is 12.3. The van der Waals surface area contributed by atoms with Crippen LogP contribution in [0.1, 0.15) is 60.8 Å². The Morgan fingerprint density at radius 1 is 0.970 bits per heavy atom. The van der Waals surface area contributed by atoms with Crippen LogP contribution in [0.3, 0.4) is 0 Å². The zero-order valence-corrected chi connectivity index (χ0v) is 19.6. The van der Waals surface area contributed by atoms with Crippen molar-refractivity contribution >= 4 is 22.8 Å². The minimum absolute atomic E-state index is 0.0605. The summed E-state index contributed by atoms with van der Waals surface area (Å²) in [4.78, 5) is 27.3. The van der Waals surface area contributed by atoms with Gasteiger partial charge in [-0.2, -0.15) is 0 Å². The molecule has 6 heteroatoms. The van der Waals surface area contributed by atoms with Crippen molar-refractivity contribution < 1.29 is 4.79 Å². The summed E-state index contributed by atoms with van der Waals surface area (Å²) in [6.45, 7) is 8.69. The lowest BCUT2D eigenvalue weighted by atomic mass is 10.1. The zero-order valence-electron chi connectivity index (χ0n) is 19.6. The number of hydrogen-bond donors (Lipinski definition) is 1. The number of amides is 1. The fourth-order valence-corrected chi connectivity index (χ4v) is 5.36. The first-order valence-electron chi connectivity index (χ1n) is 12.3. The van der Waals surface area contributed by atoms with Gasteiger partial charge in [0.25, 0.3) is 5.91 Å². The monoisotopic (exact) mass is 443 g/mol. The van der Waals surface area contributed by atoms with Crippen LogP contribution in [0.25, 0.3) is 11.0 Å². The highest BCUT2D eigenvalue weighted by atomic mass is 16.1. The lowest BCUT2D eigenvalue weighted by Gasteiger charge is -2.39. The maximum atomic E-state index is 12.9. The lowest BCUT2D eigenvalue weighted by molar-refractivity contribution is 0.0932. The van der Waals surface area contributed by atoms with E-state index in [2.05, 4.69) is 52.1 Å². The van der Waals surface area contributed by atoms with Gasteiger partial charge in [0.1, 0.15) is 11.5 Å². The van der Waals surface area contributed by atoms with Crippen LogP contribution in [0.2, 0.25) is 0 Å². The highest BCUT2D eigenvalue weighted by molar-refractivity contribution is 5.94. The van der Waals surface area contributed by atoms with Crippen molar-refractivity contribution in [2.75, 3.05) is 31.1 Å². The first-order chi connectivity index (χ1) is 16.2. The number of nitrogens with one attached hydrogen (secondary N) is 1. The smallest absolute Gasteiger partial charge is 0.270 e. The molecule has 1 saturated heterocycles. The van der Waals surface area contributed by atoms with E-state index in [0.717, 1.165) is 55.9 Å². The fraction of sp³-hybridized carbons (Fsp3) is 0.444. The van der Waals surface area contributed by atoms with Crippen LogP contribution in [0.15, 0.2) is 48.5 Å². The minimum atomic E-state index is -0.125. The third-order valence-corrected chi connectivity index (χ3v) is 7.30. The minimum Gasteiger partial charge on any atom is -0.354 e. The Bertz CT molecular complexity index is 1130. The molecule has 0 saturated carbocycles. The summed E-state index contributed by atoms with van der Waals surface area (Å²) >= 11 is 0. The fourth-order valence-electron chi connectivity index (χ4n) is 5.36. The SMILES string of the molecule is CCC(CC)N1CCN(c2ccc3nc(C(=O)NC4CCc5ccccc54)ccc3n2)CC1. The number of aryl methyl sites for hydroxylation is 1. The Hall–Kier alpha value is -2.99. The molecule has 1 aliphatic carbocycles. The van der Waals surface area contributed by atoms with Gasteiger partial charge in [-0.1, -0.05) is 38.1 Å². The van der Waals surface area contributed by atoms with Crippen molar-refractivity contribution in [1.29, 1.82) is 0 Å². The van der Waals surface area contributed by atoms with E-state index in [-0.39, 0.29) is 11.9 Å². The van der Waals surface area contributed by atoms with Crippen molar-refractivity contribution in [3.8, 4) is 0 Å². The molecule has 0 bridgehead atoms. The Morgan fingerprint density at radius 3 is 2.48 bits per heavy atom. The predicted octanol–water partition coefficient (Wildman–Crippen LogP) is 4.36. The number of hydrogen-bond acceptors (Lipinski definition) is 5. The summed E-state index contributed by atoms with van der Waals surface area (Å²) in [5.41, 5.74) is 4.58. The molecule has 3 aromatic rings. The number of carbonyl (C=O) groups excluding carboxylic acids is 1. The quantitative estimate of drug-likeness (QED) is 0.613. The molecule has 0 radical (unpaired) electrons. The summed E-state index contributed by atoms with van der Waals surface area (Å²) in [6.07, 6.45) is 4.36. The van der Waals surface area contributed by atoms with Gasteiger partial charge < -0.3 is 10.2 Å². The van der Waals surface area contributed by atoms with E-state index in [0.29, 0.717) is 11.7 Å². The van der Waals surface area contributed by atoms with Crippen LogP contribution in [-0.4, -0.2) is 53.0 Å². The van der Waals surface area contributed by atoms with Crippen LogP contribution >= 0.6 is 0 Å². The molecule has 5 rings (SSSR count). The third-order valence-electron chi connectivity index (χ3n) is 7.30. The van der Waals surface area contributed by atoms with Crippen LogP contribution in [0.5, 0.6) is 0 Å². The van der Waals surface area contributed by atoms with Crippen molar-refractivity contribution in [3.05, 3.63) is 65.4 Å². The normalized spacial score (nSPS) is 18.6. The Morgan fingerprint density at radius 2 is 1.70 bits per heavy atom. The van der Waals surface area contributed by atoms with Gasteiger partial charge in [-0.05, 0) is 61.1 Å². The number of aromatic nitrogens is 2. The second kappa shape index (κ2) is 9.48. The molecule has 1 amide bonds. The van der Waals surface area contributed by atoms with E-state index < -0.39 is 0 Å². The van der Waals surface area contributed by atoms with E-state index in [1.54, 1.807) is 6.07 Å². The van der Waals surface area contributed by atoms with Crippen molar-refractivity contribution in [3.63, 3.8) is 0 Å². The number of anilines is 1. The number of fused-ring (bicyclic) bond motifs is 2. The van der Waals surface area contributed by atoms with E-state index in [4.69, 9.17) is 4.98 Å². The summed E-state index contributed by atoms with van der Waals surface area (Å²) in [5.74, 6) is 0.869. The number of benzene rings is 1. The number of pyridine rings is 2. The lowest BCUT2D eigenvalue weighted by Crippen LogP contribution is -2.50. The summed E-state index contributed by atoms with van der Waals surface area (Å²) in [5, 5.41) is 3.17. The number of piperazine rings is 1. The summed E-state index contributed by atoms with van der Waals surface area (Å²) in [7, 11) is 0. The van der Waals surface area contributed by atoms with Crippen molar-refractivity contribution in [2.45, 2.75) is 51.6 Å². The van der Waals surface area contributed by atoms with Crippen LogP contribution < -0.4 is 10.2 Å². The summed E-state index contributed by atoms with van der Waals surface area (Å²) in [6, 6.07) is 16.8.